The molecule has 0 atom stereocenters. The predicted molar refractivity (Wildman–Crippen MR) is 84.4 cm³/mol. The average Bonchev–Trinajstić information content (AvgIpc) is 2.44. The van der Waals surface area contributed by atoms with Crippen LogP contribution in [0.3, 0.4) is 0 Å². The minimum atomic E-state index is 0.539. The van der Waals surface area contributed by atoms with Crippen LogP contribution in [0.1, 0.15) is 22.4 Å². The Morgan fingerprint density at radius 2 is 1.95 bits per heavy atom. The molecule has 1 aromatic heterocycles. The van der Waals surface area contributed by atoms with Gasteiger partial charge < -0.3 is 0 Å². The SMILES string of the molecule is Cc1nc(SCc2ccccc2Cl)c(C#N)c(C)c1Cl. The van der Waals surface area contributed by atoms with Gasteiger partial charge in [0.15, 0.2) is 0 Å². The Balaban J connectivity index is 2.31. The number of hydrogen-bond acceptors (Lipinski definition) is 3. The first-order valence-corrected chi connectivity index (χ1v) is 7.71. The highest BCUT2D eigenvalue weighted by Crippen LogP contribution is 2.32. The van der Waals surface area contributed by atoms with Gasteiger partial charge >= 0.3 is 0 Å². The number of rotatable bonds is 3. The molecule has 0 saturated heterocycles. The van der Waals surface area contributed by atoms with Gasteiger partial charge in [0.25, 0.3) is 0 Å². The molecule has 2 aromatic rings. The zero-order chi connectivity index (χ0) is 14.7. The summed E-state index contributed by atoms with van der Waals surface area (Å²) in [5.41, 5.74) is 3.08. The van der Waals surface area contributed by atoms with Crippen molar-refractivity contribution in [3.8, 4) is 6.07 Å². The van der Waals surface area contributed by atoms with Crippen molar-refractivity contribution in [3.63, 3.8) is 0 Å². The fourth-order valence-corrected chi connectivity index (χ4v) is 3.30. The summed E-state index contributed by atoms with van der Waals surface area (Å²) in [6.45, 7) is 3.69. The molecule has 0 amide bonds. The van der Waals surface area contributed by atoms with Crippen molar-refractivity contribution in [1.29, 1.82) is 5.26 Å². The van der Waals surface area contributed by atoms with Crippen LogP contribution in [0.5, 0.6) is 0 Å². The van der Waals surface area contributed by atoms with E-state index in [1.807, 2.05) is 38.1 Å². The van der Waals surface area contributed by atoms with E-state index < -0.39 is 0 Å². The van der Waals surface area contributed by atoms with Gasteiger partial charge in [0.05, 0.1) is 16.3 Å². The van der Waals surface area contributed by atoms with Gasteiger partial charge in [-0.3, -0.25) is 0 Å². The van der Waals surface area contributed by atoms with E-state index in [-0.39, 0.29) is 0 Å². The molecule has 1 aromatic carbocycles. The van der Waals surface area contributed by atoms with Crippen LogP contribution in [-0.2, 0) is 5.75 Å². The number of pyridine rings is 1. The van der Waals surface area contributed by atoms with Crippen LogP contribution < -0.4 is 0 Å². The van der Waals surface area contributed by atoms with Gasteiger partial charge in [-0.15, -0.1) is 11.8 Å². The first-order chi connectivity index (χ1) is 9.54. The molecule has 0 aliphatic heterocycles. The number of nitrogens with zero attached hydrogens (tertiary/aromatic N) is 2. The summed E-state index contributed by atoms with van der Waals surface area (Å²) in [4.78, 5) is 4.41. The topological polar surface area (TPSA) is 36.7 Å². The second kappa shape index (κ2) is 6.49. The molecule has 0 radical (unpaired) electrons. The number of halogens is 2. The zero-order valence-corrected chi connectivity index (χ0v) is 13.4. The molecule has 2 nitrogen and oxygen atoms in total. The maximum atomic E-state index is 9.28. The van der Waals surface area contributed by atoms with E-state index in [1.165, 1.54) is 11.8 Å². The van der Waals surface area contributed by atoms with E-state index in [9.17, 15) is 5.26 Å². The van der Waals surface area contributed by atoms with Crippen molar-refractivity contribution in [2.75, 3.05) is 0 Å². The van der Waals surface area contributed by atoms with Crippen molar-refractivity contribution in [3.05, 3.63) is 56.7 Å². The van der Waals surface area contributed by atoms with E-state index >= 15 is 0 Å². The molecule has 0 fully saturated rings. The molecule has 0 aliphatic carbocycles. The Morgan fingerprint density at radius 1 is 1.25 bits per heavy atom. The number of hydrogen-bond donors (Lipinski definition) is 0. The molecule has 0 N–H and O–H groups in total. The molecule has 102 valence electrons. The summed E-state index contributed by atoms with van der Waals surface area (Å²) < 4.78 is 0. The van der Waals surface area contributed by atoms with E-state index in [0.29, 0.717) is 21.4 Å². The lowest BCUT2D eigenvalue weighted by Gasteiger charge is -2.10. The lowest BCUT2D eigenvalue weighted by Crippen LogP contribution is -1.97. The van der Waals surface area contributed by atoms with E-state index in [1.54, 1.807) is 0 Å². The first kappa shape index (κ1) is 15.2. The Kier molecular flexibility index (Phi) is 4.93. The standard InChI is InChI=1S/C15H12Cl2N2S/c1-9-12(7-18)15(19-10(2)14(9)17)20-8-11-5-3-4-6-13(11)16/h3-6H,8H2,1-2H3. The van der Waals surface area contributed by atoms with Gasteiger partial charge in [-0.2, -0.15) is 5.26 Å². The third-order valence-electron chi connectivity index (χ3n) is 2.94. The third-order valence-corrected chi connectivity index (χ3v) is 4.89. The van der Waals surface area contributed by atoms with Crippen LogP contribution in [0.15, 0.2) is 29.3 Å². The second-order valence-corrected chi connectivity index (χ2v) is 6.06. The number of aromatic nitrogens is 1. The second-order valence-electron chi connectivity index (χ2n) is 4.31. The van der Waals surface area contributed by atoms with Crippen LogP contribution in [0.4, 0.5) is 0 Å². The zero-order valence-electron chi connectivity index (χ0n) is 11.1. The Morgan fingerprint density at radius 3 is 2.60 bits per heavy atom. The van der Waals surface area contributed by atoms with Gasteiger partial charge in [0.2, 0.25) is 0 Å². The summed E-state index contributed by atoms with van der Waals surface area (Å²) in [5, 5.41) is 11.3. The van der Waals surface area contributed by atoms with Crippen LogP contribution in [-0.4, -0.2) is 4.98 Å². The monoisotopic (exact) mass is 322 g/mol. The molecular formula is C15H12Cl2N2S. The predicted octanol–water partition coefficient (Wildman–Crippen LogP) is 5.17. The summed E-state index contributed by atoms with van der Waals surface area (Å²) in [6.07, 6.45) is 0. The fraction of sp³-hybridized carbons (Fsp3) is 0.200. The number of aryl methyl sites for hydroxylation is 1. The summed E-state index contributed by atoms with van der Waals surface area (Å²) in [7, 11) is 0. The van der Waals surface area contributed by atoms with Crippen molar-refractivity contribution in [2.24, 2.45) is 0 Å². The van der Waals surface area contributed by atoms with Crippen LogP contribution in [0.25, 0.3) is 0 Å². The quantitative estimate of drug-likeness (QED) is 0.731. The van der Waals surface area contributed by atoms with E-state index in [4.69, 9.17) is 23.2 Å². The highest BCUT2D eigenvalue weighted by atomic mass is 35.5. The Hall–Kier alpha value is -1.21. The maximum absolute atomic E-state index is 9.28. The Labute approximate surface area is 132 Å². The van der Waals surface area contributed by atoms with Gasteiger partial charge in [-0.25, -0.2) is 4.98 Å². The molecule has 0 unspecified atom stereocenters. The molecule has 0 bridgehead atoms. The van der Waals surface area contributed by atoms with Crippen LogP contribution in [0, 0.1) is 25.2 Å². The maximum Gasteiger partial charge on any atom is 0.115 e. The summed E-state index contributed by atoms with van der Waals surface area (Å²) in [5.74, 6) is 0.669. The van der Waals surface area contributed by atoms with Gasteiger partial charge in [-0.1, -0.05) is 41.4 Å². The molecule has 1 heterocycles. The van der Waals surface area contributed by atoms with Gasteiger partial charge in [0.1, 0.15) is 11.1 Å². The smallest absolute Gasteiger partial charge is 0.115 e. The van der Waals surface area contributed by atoms with Crippen molar-refractivity contribution >= 4 is 35.0 Å². The highest BCUT2D eigenvalue weighted by molar-refractivity contribution is 7.98. The van der Waals surface area contributed by atoms with Crippen LogP contribution >= 0.6 is 35.0 Å². The summed E-state index contributed by atoms with van der Waals surface area (Å²) in [6, 6.07) is 9.84. The Bertz CT molecular complexity index is 693. The van der Waals surface area contributed by atoms with Crippen molar-refractivity contribution in [2.45, 2.75) is 24.6 Å². The van der Waals surface area contributed by atoms with Gasteiger partial charge in [0, 0.05) is 10.8 Å². The molecule has 0 aliphatic rings. The number of thioether (sulfide) groups is 1. The van der Waals surface area contributed by atoms with Crippen molar-refractivity contribution < 1.29 is 0 Å². The minimum Gasteiger partial charge on any atom is -0.244 e. The highest BCUT2D eigenvalue weighted by Gasteiger charge is 2.14. The molecule has 2 rings (SSSR count). The van der Waals surface area contributed by atoms with Gasteiger partial charge in [-0.05, 0) is 31.0 Å². The normalized spacial score (nSPS) is 10.3. The summed E-state index contributed by atoms with van der Waals surface area (Å²) >= 11 is 13.8. The largest absolute Gasteiger partial charge is 0.244 e. The molecule has 20 heavy (non-hydrogen) atoms. The van der Waals surface area contributed by atoms with E-state index in [0.717, 1.165) is 21.8 Å². The molecule has 5 heteroatoms. The minimum absolute atomic E-state index is 0.539. The molecule has 0 spiro atoms. The third kappa shape index (κ3) is 3.09. The lowest BCUT2D eigenvalue weighted by atomic mass is 10.1. The fourth-order valence-electron chi connectivity index (χ4n) is 1.80. The average molecular weight is 323 g/mol. The molecular weight excluding hydrogens is 311 g/mol. The van der Waals surface area contributed by atoms with Crippen LogP contribution in [0.2, 0.25) is 10.0 Å². The first-order valence-electron chi connectivity index (χ1n) is 5.97. The lowest BCUT2D eigenvalue weighted by molar-refractivity contribution is 1.03. The molecule has 0 saturated carbocycles. The van der Waals surface area contributed by atoms with Crippen molar-refractivity contribution in [1.82, 2.24) is 4.98 Å². The number of nitriles is 1. The number of benzene rings is 1. The van der Waals surface area contributed by atoms with E-state index in [2.05, 4.69) is 11.1 Å².